The molecule has 2 N–H and O–H groups in total. The molecule has 6 aromatic rings. The largest absolute Gasteiger partial charge is 0.435 e. The number of benzene rings is 3. The number of likely N-dealkylation sites (tertiary alicyclic amines) is 1. The van der Waals surface area contributed by atoms with Crippen molar-refractivity contribution in [2.45, 2.75) is 39.8 Å². The van der Waals surface area contributed by atoms with Crippen LogP contribution in [0.2, 0.25) is 0 Å². The lowest BCUT2D eigenvalue weighted by Gasteiger charge is -2.17. The molecule has 228 valence electrons. The van der Waals surface area contributed by atoms with Crippen LogP contribution in [0, 0.1) is 32.1 Å². The molecule has 10 nitrogen and oxygen atoms in total. The van der Waals surface area contributed by atoms with Gasteiger partial charge in [0.2, 0.25) is 5.89 Å². The first kappa shape index (κ1) is 29.2. The zero-order chi connectivity index (χ0) is 31.9. The molecule has 0 amide bonds. The smallest absolute Gasteiger partial charge is 0.227 e. The van der Waals surface area contributed by atoms with Crippen molar-refractivity contribution in [2.24, 2.45) is 0 Å². The summed E-state index contributed by atoms with van der Waals surface area (Å²) in [5.41, 5.74) is 9.67. The van der Waals surface area contributed by atoms with Gasteiger partial charge in [0.15, 0.2) is 11.4 Å². The maximum absolute atomic E-state index is 11.4. The molecule has 0 unspecified atom stereocenters. The van der Waals surface area contributed by atoms with Crippen molar-refractivity contribution in [1.29, 1.82) is 5.26 Å². The van der Waals surface area contributed by atoms with Gasteiger partial charge in [-0.15, -0.1) is 0 Å². The summed E-state index contributed by atoms with van der Waals surface area (Å²) >= 11 is 0. The van der Waals surface area contributed by atoms with Gasteiger partial charge in [0, 0.05) is 42.6 Å². The number of carbonyl (C=O) groups is 1. The quantitative estimate of drug-likeness (QED) is 0.195. The molecule has 0 spiro atoms. The number of carbonyl (C=O) groups excluding carboxylic acids is 1. The molecule has 1 fully saturated rings. The number of hydrogen-bond acceptors (Lipinski definition) is 10. The number of hydrogen-bond donors (Lipinski definition) is 2. The van der Waals surface area contributed by atoms with Gasteiger partial charge < -0.3 is 14.8 Å². The molecule has 3 aromatic carbocycles. The minimum Gasteiger partial charge on any atom is -0.435 e. The van der Waals surface area contributed by atoms with E-state index in [1.807, 2.05) is 44.3 Å². The van der Waals surface area contributed by atoms with Crippen LogP contribution in [0.25, 0.3) is 44.7 Å². The number of aliphatic hydroxyl groups is 1. The van der Waals surface area contributed by atoms with Crippen molar-refractivity contribution in [3.63, 3.8) is 0 Å². The SMILES string of the molecule is Cc1nc(Nc2cccc(-c3cccc(-c4nc5cc(C=O)cc(C#N)c5o4)c3C)c2C)c2ncc(CN3CC[C@H](O)C3)cc2n1. The lowest BCUT2D eigenvalue weighted by atomic mass is 9.93. The number of β-amino-alcohol motifs (C(OH)–C–C–N with tert-alkyl or cyclic N) is 1. The fraction of sp³-hybridized carbons (Fsp3) is 0.222. The van der Waals surface area contributed by atoms with Crippen LogP contribution in [-0.2, 0) is 6.54 Å². The van der Waals surface area contributed by atoms with E-state index >= 15 is 0 Å². The van der Waals surface area contributed by atoms with Gasteiger partial charge in [-0.25, -0.2) is 15.0 Å². The standard InChI is InChI=1S/C36H31N7O3/c1-20-27(6-4-8-29(20)36-42-32-13-23(19-44)12-25(15-37)34(32)46-36)28-7-5-9-30(21(28)2)41-35-33-31(39-22(3)40-35)14-24(16-38-33)17-43-11-10-26(45)18-43/h4-9,12-14,16,19,26,45H,10-11,17-18H2,1-3H3,(H,39,40,41)/t26-/m0/s1. The van der Waals surface area contributed by atoms with Gasteiger partial charge >= 0.3 is 0 Å². The van der Waals surface area contributed by atoms with Crippen molar-refractivity contribution in [3.05, 3.63) is 94.4 Å². The predicted octanol–water partition coefficient (Wildman–Crippen LogP) is 6.42. The Bertz CT molecular complexity index is 2200. The number of nitrogens with zero attached hydrogens (tertiary/aromatic N) is 6. The summed E-state index contributed by atoms with van der Waals surface area (Å²) in [6.07, 6.45) is 3.09. The van der Waals surface area contributed by atoms with Crippen LogP contribution in [0.3, 0.4) is 0 Å². The fourth-order valence-corrected chi connectivity index (χ4v) is 6.23. The Balaban J connectivity index is 1.23. The number of aromatic nitrogens is 4. The van der Waals surface area contributed by atoms with Gasteiger partial charge in [-0.05, 0) is 85.3 Å². The summed E-state index contributed by atoms with van der Waals surface area (Å²) in [4.78, 5) is 32.4. The first-order valence-electron chi connectivity index (χ1n) is 15.1. The molecule has 1 aliphatic rings. The van der Waals surface area contributed by atoms with E-state index in [2.05, 4.69) is 51.4 Å². The second kappa shape index (κ2) is 11.8. The monoisotopic (exact) mass is 609 g/mol. The lowest BCUT2D eigenvalue weighted by Crippen LogP contribution is -2.21. The molecule has 46 heavy (non-hydrogen) atoms. The highest BCUT2D eigenvalue weighted by Gasteiger charge is 2.21. The summed E-state index contributed by atoms with van der Waals surface area (Å²) in [6.45, 7) is 8.21. The number of aliphatic hydroxyl groups excluding tert-OH is 1. The Morgan fingerprint density at radius 1 is 1.02 bits per heavy atom. The molecular formula is C36H31N7O3. The third-order valence-electron chi connectivity index (χ3n) is 8.57. The highest BCUT2D eigenvalue weighted by Crippen LogP contribution is 2.37. The normalized spacial score (nSPS) is 15.0. The minimum absolute atomic E-state index is 0.267. The fourth-order valence-electron chi connectivity index (χ4n) is 6.23. The van der Waals surface area contributed by atoms with Crippen LogP contribution in [0.5, 0.6) is 0 Å². The van der Waals surface area contributed by atoms with Crippen LogP contribution in [-0.4, -0.2) is 55.4 Å². The summed E-state index contributed by atoms with van der Waals surface area (Å²) in [5, 5.41) is 23.0. The van der Waals surface area contributed by atoms with Gasteiger partial charge in [-0.3, -0.25) is 14.7 Å². The second-order valence-electron chi connectivity index (χ2n) is 11.8. The molecule has 0 radical (unpaired) electrons. The minimum atomic E-state index is -0.267. The molecule has 0 aliphatic carbocycles. The van der Waals surface area contributed by atoms with Crippen LogP contribution >= 0.6 is 0 Å². The van der Waals surface area contributed by atoms with Crippen LogP contribution in [0.4, 0.5) is 11.5 Å². The van der Waals surface area contributed by atoms with Crippen LogP contribution in [0.1, 0.15) is 44.9 Å². The summed E-state index contributed by atoms with van der Waals surface area (Å²) < 4.78 is 6.09. The molecule has 0 saturated carbocycles. The van der Waals surface area contributed by atoms with Crippen LogP contribution < -0.4 is 5.32 Å². The number of aldehydes is 1. The highest BCUT2D eigenvalue weighted by atomic mass is 16.3. The Labute approximate surface area is 265 Å². The second-order valence-corrected chi connectivity index (χ2v) is 11.8. The van der Waals surface area contributed by atoms with Gasteiger partial charge in [0.05, 0.1) is 17.2 Å². The van der Waals surface area contributed by atoms with Crippen molar-refractivity contribution in [1.82, 2.24) is 24.8 Å². The number of nitrogens with one attached hydrogen (secondary N) is 1. The molecule has 1 saturated heterocycles. The van der Waals surface area contributed by atoms with Gasteiger partial charge in [0.1, 0.15) is 29.2 Å². The Hall–Kier alpha value is -5.50. The molecule has 3 aromatic heterocycles. The number of fused-ring (bicyclic) bond motifs is 2. The van der Waals surface area contributed by atoms with E-state index in [1.54, 1.807) is 6.07 Å². The molecule has 0 bridgehead atoms. The van der Waals surface area contributed by atoms with E-state index in [0.717, 1.165) is 57.6 Å². The Morgan fingerprint density at radius 3 is 2.57 bits per heavy atom. The van der Waals surface area contributed by atoms with E-state index < -0.39 is 0 Å². The van der Waals surface area contributed by atoms with Crippen LogP contribution in [0.15, 0.2) is 65.2 Å². The molecule has 7 rings (SSSR count). The van der Waals surface area contributed by atoms with Gasteiger partial charge in [-0.1, -0.05) is 24.3 Å². The number of nitriles is 1. The summed E-state index contributed by atoms with van der Waals surface area (Å²) in [6, 6.07) is 19.3. The van der Waals surface area contributed by atoms with Gasteiger partial charge in [-0.2, -0.15) is 5.26 Å². The topological polar surface area (TPSA) is 141 Å². The van der Waals surface area contributed by atoms with Crippen molar-refractivity contribution < 1.29 is 14.3 Å². The van der Waals surface area contributed by atoms with Crippen molar-refractivity contribution in [2.75, 3.05) is 18.4 Å². The van der Waals surface area contributed by atoms with Gasteiger partial charge in [0.25, 0.3) is 0 Å². The molecule has 10 heteroatoms. The molecular weight excluding hydrogens is 578 g/mol. The zero-order valence-electron chi connectivity index (χ0n) is 25.7. The van der Waals surface area contributed by atoms with E-state index in [4.69, 9.17) is 14.4 Å². The summed E-state index contributed by atoms with van der Waals surface area (Å²) in [5.74, 6) is 1.65. The average Bonchev–Trinajstić information content (AvgIpc) is 3.67. The maximum atomic E-state index is 11.4. The predicted molar refractivity (Wildman–Crippen MR) is 176 cm³/mol. The number of oxazole rings is 1. The number of rotatable bonds is 7. The van der Waals surface area contributed by atoms with E-state index in [-0.39, 0.29) is 11.7 Å². The molecule has 4 heterocycles. The average molecular weight is 610 g/mol. The molecule has 1 atom stereocenters. The van der Waals surface area contributed by atoms with E-state index in [9.17, 15) is 15.2 Å². The number of pyridine rings is 1. The van der Waals surface area contributed by atoms with Crippen molar-refractivity contribution in [3.8, 4) is 28.7 Å². The Morgan fingerprint density at radius 2 is 1.80 bits per heavy atom. The third-order valence-corrected chi connectivity index (χ3v) is 8.57. The third kappa shape index (κ3) is 5.36. The lowest BCUT2D eigenvalue weighted by molar-refractivity contribution is 0.112. The first-order chi connectivity index (χ1) is 22.3. The number of anilines is 2. The van der Waals surface area contributed by atoms with E-state index in [1.165, 1.54) is 6.07 Å². The summed E-state index contributed by atoms with van der Waals surface area (Å²) in [7, 11) is 0. The highest BCUT2D eigenvalue weighted by molar-refractivity contribution is 5.91. The maximum Gasteiger partial charge on any atom is 0.227 e. The molecule has 1 aliphatic heterocycles. The van der Waals surface area contributed by atoms with Crippen molar-refractivity contribution >= 4 is 39.9 Å². The Kier molecular flexibility index (Phi) is 7.48. The zero-order valence-corrected chi connectivity index (χ0v) is 25.7. The van der Waals surface area contributed by atoms with E-state index in [0.29, 0.717) is 59.1 Å². The number of aryl methyl sites for hydroxylation is 1. The first-order valence-corrected chi connectivity index (χ1v) is 15.1.